The number of hydrogen-bond donors (Lipinski definition) is 1. The van der Waals surface area contributed by atoms with Crippen molar-refractivity contribution in [2.45, 2.75) is 38.6 Å². The summed E-state index contributed by atoms with van der Waals surface area (Å²) < 4.78 is 5.78. The van der Waals surface area contributed by atoms with Gasteiger partial charge in [-0.25, -0.2) is 0 Å². The van der Waals surface area contributed by atoms with Gasteiger partial charge in [0.05, 0.1) is 24.2 Å². The summed E-state index contributed by atoms with van der Waals surface area (Å²) in [4.78, 5) is 18.0. The van der Waals surface area contributed by atoms with Crippen molar-refractivity contribution in [1.82, 2.24) is 20.1 Å². The fourth-order valence-electron chi connectivity index (χ4n) is 3.05. The van der Waals surface area contributed by atoms with E-state index in [9.17, 15) is 4.79 Å². The molecule has 1 aliphatic heterocycles. The minimum Gasteiger partial charge on any atom is -0.492 e. The summed E-state index contributed by atoms with van der Waals surface area (Å²) in [5.41, 5.74) is 1.72. The first kappa shape index (κ1) is 15.5. The SMILES string of the molecule is CC(=O)N1CCCC[C@@H]1CCOc1ccc(-c2ccn[nH]2)nc1. The van der Waals surface area contributed by atoms with E-state index in [-0.39, 0.29) is 5.91 Å². The molecule has 2 aromatic rings. The largest absolute Gasteiger partial charge is 0.492 e. The van der Waals surface area contributed by atoms with Crippen molar-refractivity contribution in [3.8, 4) is 17.1 Å². The van der Waals surface area contributed by atoms with Gasteiger partial charge in [-0.15, -0.1) is 0 Å². The third kappa shape index (κ3) is 3.88. The summed E-state index contributed by atoms with van der Waals surface area (Å²) in [6.07, 6.45) is 7.65. The molecule has 0 aromatic carbocycles. The van der Waals surface area contributed by atoms with Gasteiger partial charge in [0, 0.05) is 32.1 Å². The number of H-pyrrole nitrogens is 1. The molecule has 122 valence electrons. The van der Waals surface area contributed by atoms with Crippen LogP contribution in [0.1, 0.15) is 32.6 Å². The fraction of sp³-hybridized carbons (Fsp3) is 0.471. The molecule has 3 rings (SSSR count). The molecule has 1 fully saturated rings. The molecule has 2 aromatic heterocycles. The number of rotatable bonds is 5. The smallest absolute Gasteiger partial charge is 0.219 e. The fourth-order valence-corrected chi connectivity index (χ4v) is 3.05. The molecule has 0 bridgehead atoms. The van der Waals surface area contributed by atoms with E-state index in [0.29, 0.717) is 12.6 Å². The van der Waals surface area contributed by atoms with Crippen molar-refractivity contribution in [1.29, 1.82) is 0 Å². The molecular weight excluding hydrogens is 292 g/mol. The lowest BCUT2D eigenvalue weighted by Crippen LogP contribution is -2.43. The van der Waals surface area contributed by atoms with Crippen LogP contribution >= 0.6 is 0 Å². The lowest BCUT2D eigenvalue weighted by molar-refractivity contribution is -0.132. The first-order valence-electron chi connectivity index (χ1n) is 8.10. The molecule has 0 spiro atoms. The summed E-state index contributed by atoms with van der Waals surface area (Å²) in [6, 6.07) is 6.00. The zero-order valence-electron chi connectivity index (χ0n) is 13.4. The van der Waals surface area contributed by atoms with E-state index in [1.165, 1.54) is 6.42 Å². The molecule has 1 N–H and O–H groups in total. The quantitative estimate of drug-likeness (QED) is 0.921. The van der Waals surface area contributed by atoms with E-state index in [4.69, 9.17) is 4.74 Å². The van der Waals surface area contributed by atoms with Crippen LogP contribution in [0.4, 0.5) is 0 Å². The topological polar surface area (TPSA) is 71.1 Å². The van der Waals surface area contributed by atoms with Crippen LogP contribution in [0.5, 0.6) is 5.75 Å². The van der Waals surface area contributed by atoms with Crippen LogP contribution in [0.15, 0.2) is 30.6 Å². The number of hydrogen-bond acceptors (Lipinski definition) is 4. The number of nitrogens with one attached hydrogen (secondary N) is 1. The van der Waals surface area contributed by atoms with Gasteiger partial charge in [0.25, 0.3) is 0 Å². The number of nitrogens with zero attached hydrogens (tertiary/aromatic N) is 3. The van der Waals surface area contributed by atoms with Crippen molar-refractivity contribution in [3.05, 3.63) is 30.6 Å². The second-order valence-corrected chi connectivity index (χ2v) is 5.85. The van der Waals surface area contributed by atoms with Gasteiger partial charge in [-0.2, -0.15) is 5.10 Å². The maximum Gasteiger partial charge on any atom is 0.219 e. The lowest BCUT2D eigenvalue weighted by atomic mass is 10.00. The Bertz CT molecular complexity index is 625. The number of likely N-dealkylation sites (tertiary alicyclic amines) is 1. The van der Waals surface area contributed by atoms with Crippen LogP contribution in [0.2, 0.25) is 0 Å². The molecular formula is C17H22N4O2. The van der Waals surface area contributed by atoms with Gasteiger partial charge >= 0.3 is 0 Å². The zero-order valence-corrected chi connectivity index (χ0v) is 13.4. The molecule has 0 aliphatic carbocycles. The van der Waals surface area contributed by atoms with E-state index in [2.05, 4.69) is 15.2 Å². The molecule has 23 heavy (non-hydrogen) atoms. The summed E-state index contributed by atoms with van der Waals surface area (Å²) in [5, 5.41) is 6.80. The van der Waals surface area contributed by atoms with Crippen LogP contribution in [0.3, 0.4) is 0 Å². The van der Waals surface area contributed by atoms with E-state index in [1.54, 1.807) is 19.3 Å². The maximum absolute atomic E-state index is 11.7. The summed E-state index contributed by atoms with van der Waals surface area (Å²) in [6.45, 7) is 3.12. The van der Waals surface area contributed by atoms with Crippen molar-refractivity contribution in [2.75, 3.05) is 13.2 Å². The highest BCUT2D eigenvalue weighted by atomic mass is 16.5. The van der Waals surface area contributed by atoms with Crippen LogP contribution < -0.4 is 4.74 Å². The first-order chi connectivity index (χ1) is 11.2. The van der Waals surface area contributed by atoms with Gasteiger partial charge in [0.2, 0.25) is 5.91 Å². The van der Waals surface area contributed by atoms with E-state index >= 15 is 0 Å². The predicted molar refractivity (Wildman–Crippen MR) is 87.0 cm³/mol. The Hall–Kier alpha value is -2.37. The number of piperidine rings is 1. The molecule has 0 saturated carbocycles. The molecule has 1 amide bonds. The lowest BCUT2D eigenvalue weighted by Gasteiger charge is -2.35. The van der Waals surface area contributed by atoms with Crippen LogP contribution in [0, 0.1) is 0 Å². The van der Waals surface area contributed by atoms with Gasteiger partial charge in [-0.3, -0.25) is 14.9 Å². The molecule has 1 atom stereocenters. The normalized spacial score (nSPS) is 18.0. The Morgan fingerprint density at radius 1 is 1.39 bits per heavy atom. The Labute approximate surface area is 135 Å². The van der Waals surface area contributed by atoms with Gasteiger partial charge in [0.1, 0.15) is 5.75 Å². The Morgan fingerprint density at radius 2 is 2.30 bits per heavy atom. The number of amides is 1. The van der Waals surface area contributed by atoms with Crippen LogP contribution in [0.25, 0.3) is 11.4 Å². The zero-order chi connectivity index (χ0) is 16.1. The highest BCUT2D eigenvalue weighted by molar-refractivity contribution is 5.73. The number of aromatic amines is 1. The average molecular weight is 314 g/mol. The molecule has 1 saturated heterocycles. The highest BCUT2D eigenvalue weighted by Crippen LogP contribution is 2.21. The van der Waals surface area contributed by atoms with Crippen LogP contribution in [-0.2, 0) is 4.79 Å². The molecule has 3 heterocycles. The first-order valence-corrected chi connectivity index (χ1v) is 8.10. The van der Waals surface area contributed by atoms with Gasteiger partial charge in [0.15, 0.2) is 0 Å². The molecule has 1 aliphatic rings. The van der Waals surface area contributed by atoms with Crippen molar-refractivity contribution in [3.63, 3.8) is 0 Å². The third-order valence-corrected chi connectivity index (χ3v) is 4.26. The predicted octanol–water partition coefficient (Wildman–Crippen LogP) is 2.64. The van der Waals surface area contributed by atoms with Crippen LogP contribution in [-0.4, -0.2) is 45.2 Å². The van der Waals surface area contributed by atoms with Gasteiger partial charge in [-0.05, 0) is 37.5 Å². The van der Waals surface area contributed by atoms with Crippen molar-refractivity contribution >= 4 is 5.91 Å². The maximum atomic E-state index is 11.7. The Balaban J connectivity index is 1.51. The molecule has 6 heteroatoms. The van der Waals surface area contributed by atoms with E-state index in [0.717, 1.165) is 42.9 Å². The second-order valence-electron chi connectivity index (χ2n) is 5.85. The third-order valence-electron chi connectivity index (χ3n) is 4.26. The van der Waals surface area contributed by atoms with Gasteiger partial charge < -0.3 is 9.64 Å². The number of pyridine rings is 1. The second kappa shape index (κ2) is 7.26. The van der Waals surface area contributed by atoms with E-state index in [1.807, 2.05) is 23.1 Å². The molecule has 0 unspecified atom stereocenters. The Morgan fingerprint density at radius 3 is 3.00 bits per heavy atom. The van der Waals surface area contributed by atoms with Crippen molar-refractivity contribution in [2.24, 2.45) is 0 Å². The minimum absolute atomic E-state index is 0.167. The summed E-state index contributed by atoms with van der Waals surface area (Å²) >= 11 is 0. The number of carbonyl (C=O) groups excluding carboxylic acids is 1. The molecule has 6 nitrogen and oxygen atoms in total. The highest BCUT2D eigenvalue weighted by Gasteiger charge is 2.23. The summed E-state index contributed by atoms with van der Waals surface area (Å²) in [7, 11) is 0. The van der Waals surface area contributed by atoms with E-state index < -0.39 is 0 Å². The summed E-state index contributed by atoms with van der Waals surface area (Å²) in [5.74, 6) is 0.915. The number of carbonyl (C=O) groups is 1. The van der Waals surface area contributed by atoms with Crippen molar-refractivity contribution < 1.29 is 9.53 Å². The van der Waals surface area contributed by atoms with Gasteiger partial charge in [-0.1, -0.05) is 0 Å². The number of aromatic nitrogens is 3. The minimum atomic E-state index is 0.167. The average Bonchev–Trinajstić information content (AvgIpc) is 3.10. The standard InChI is InChI=1S/C17H22N4O2/c1-13(22)21-10-3-2-4-14(21)8-11-23-15-5-6-16(18-12-15)17-7-9-19-20-17/h5-7,9,12,14H,2-4,8,10-11H2,1H3,(H,19,20)/t14-/m1/s1. The Kier molecular flexibility index (Phi) is 4.90. The monoisotopic (exact) mass is 314 g/mol. The number of ether oxygens (including phenoxy) is 1. The molecule has 0 radical (unpaired) electrons.